The third kappa shape index (κ3) is 22.9. The van der Waals surface area contributed by atoms with Gasteiger partial charge in [-0.2, -0.15) is 5.09 Å². The molecule has 1 unspecified atom stereocenters. The predicted molar refractivity (Wildman–Crippen MR) is 245 cm³/mol. The molecular weight excluding hydrogens is 876 g/mol. The molecule has 0 bridgehead atoms. The fourth-order valence-electron chi connectivity index (χ4n) is 7.00. The second kappa shape index (κ2) is 29.6. The van der Waals surface area contributed by atoms with Crippen LogP contribution in [0.25, 0.3) is 0 Å². The Kier molecular flexibility index (Phi) is 24.8. The van der Waals surface area contributed by atoms with Crippen molar-refractivity contribution in [2.75, 3.05) is 13.2 Å². The van der Waals surface area contributed by atoms with E-state index in [1.54, 1.807) is 51.1 Å². The zero-order chi connectivity index (χ0) is 48.4. The largest absolute Gasteiger partial charge is 0.513 e. The van der Waals surface area contributed by atoms with Crippen LogP contribution in [0.5, 0.6) is 11.5 Å². The summed E-state index contributed by atoms with van der Waals surface area (Å²) in [4.78, 5) is 72.6. The lowest BCUT2D eigenvalue weighted by atomic mass is 9.96. The Labute approximate surface area is 389 Å². The molecule has 2 saturated carbocycles. The van der Waals surface area contributed by atoms with Crippen LogP contribution in [0.1, 0.15) is 157 Å². The molecule has 17 nitrogen and oxygen atoms in total. The second-order valence-corrected chi connectivity index (χ2v) is 19.2. The first-order chi connectivity index (χ1) is 31.5. The molecule has 0 heterocycles. The Morgan fingerprint density at radius 2 is 1.18 bits per heavy atom. The molecule has 2 aromatic carbocycles. The number of ether oxygens (including phenoxy) is 5. The molecule has 3 atom stereocenters. The van der Waals surface area contributed by atoms with Gasteiger partial charge in [0.15, 0.2) is 0 Å². The number of nitro groups is 1. The van der Waals surface area contributed by atoms with E-state index in [2.05, 4.69) is 5.09 Å². The van der Waals surface area contributed by atoms with Crippen molar-refractivity contribution in [1.82, 2.24) is 5.09 Å². The van der Waals surface area contributed by atoms with Gasteiger partial charge in [0.2, 0.25) is 0 Å². The van der Waals surface area contributed by atoms with Crippen LogP contribution >= 0.6 is 7.75 Å². The van der Waals surface area contributed by atoms with Gasteiger partial charge in [0.05, 0.1) is 30.5 Å². The predicted octanol–water partition coefficient (Wildman–Crippen LogP) is 10.5. The summed E-state index contributed by atoms with van der Waals surface area (Å²) in [5.74, 6) is -2.83. The van der Waals surface area contributed by atoms with Crippen LogP contribution < -0.4 is 14.1 Å². The van der Waals surface area contributed by atoms with Crippen molar-refractivity contribution < 1.29 is 66.2 Å². The highest BCUT2D eigenvalue weighted by Gasteiger charge is 2.37. The fraction of sp³-hybridized carbons (Fsp3) is 0.646. The van der Waals surface area contributed by atoms with E-state index in [-0.39, 0.29) is 74.1 Å². The maximum atomic E-state index is 14.0. The lowest BCUT2D eigenvalue weighted by Crippen LogP contribution is -2.40. The summed E-state index contributed by atoms with van der Waals surface area (Å²) < 4.78 is 52.4. The molecular formula is C48H71N2O15P. The minimum absolute atomic E-state index is 0.0192. The minimum Gasteiger partial charge on any atom is -0.466 e. The Morgan fingerprint density at radius 3 is 1.67 bits per heavy atom. The molecule has 0 radical (unpaired) electrons. The third-order valence-corrected chi connectivity index (χ3v) is 12.1. The highest BCUT2D eigenvalue weighted by atomic mass is 31.2. The third-order valence-electron chi connectivity index (χ3n) is 10.5. The number of nitrogens with one attached hydrogen (secondary N) is 1. The van der Waals surface area contributed by atoms with E-state index in [1.165, 1.54) is 30.7 Å². The number of carbonyl (C=O) groups is 5. The SMILES string of the molecule is CCCCOC(=O)CC[C@H](CC(=O)OC(C)(C)C)C(=O)OC1CCCCC1.CCCCOC(=O)CC[C@H](NP(=O)(Oc1ccccc1)Oc1ccc([N+](=O)[O-])cc1)C(=O)OC1CCCCC1. The van der Waals surface area contributed by atoms with E-state index in [1.807, 2.05) is 13.8 Å². The highest BCUT2D eigenvalue weighted by molar-refractivity contribution is 7.52. The molecule has 0 saturated heterocycles. The van der Waals surface area contributed by atoms with Crippen molar-refractivity contribution in [2.24, 2.45) is 5.92 Å². The number of unbranched alkanes of at least 4 members (excludes halogenated alkanes) is 2. The average Bonchev–Trinajstić information content (AvgIpc) is 3.27. The van der Waals surface area contributed by atoms with E-state index < -0.39 is 54.1 Å². The number of para-hydroxylation sites is 1. The van der Waals surface area contributed by atoms with Crippen molar-refractivity contribution in [1.29, 1.82) is 0 Å². The van der Waals surface area contributed by atoms with E-state index in [9.17, 15) is 38.7 Å². The molecule has 2 aliphatic carbocycles. The molecule has 0 spiro atoms. The van der Waals surface area contributed by atoms with Gasteiger partial charge in [-0.1, -0.05) is 57.7 Å². The van der Waals surface area contributed by atoms with Crippen LogP contribution in [0.3, 0.4) is 0 Å². The van der Waals surface area contributed by atoms with Crippen LogP contribution in [0.2, 0.25) is 0 Å². The standard InChI is InChI=1S/C27H35N2O9P.C21H36O6/c1-2-3-20-35-26(30)19-18-25(27(31)36-22-10-6-4-7-11-22)28-39(34,37-23-12-8-5-9-13-23)38-24-16-14-21(15-17-24)29(32)33;1-5-6-14-25-18(22)13-12-16(15-19(23)27-21(2,3)4)20(24)26-17-10-8-7-9-11-17/h5,8-9,12-17,22,25H,2-4,6-7,10-11,18-20H2,1H3,(H,28,34);16-17H,5-15H2,1-4H3/t25-,39?;16-/m01/s1. The first kappa shape index (κ1) is 55.3. The molecule has 2 aromatic rings. The van der Waals surface area contributed by atoms with Gasteiger partial charge < -0.3 is 32.7 Å². The number of esters is 5. The van der Waals surface area contributed by atoms with Gasteiger partial charge in [0.1, 0.15) is 35.3 Å². The molecule has 0 aromatic heterocycles. The summed E-state index contributed by atoms with van der Waals surface area (Å²) in [6.45, 7) is 10.0. The minimum atomic E-state index is -4.32. The number of hydrogen-bond donors (Lipinski definition) is 1. The summed E-state index contributed by atoms with van der Waals surface area (Å²) in [6, 6.07) is 12.0. The fourth-order valence-corrected chi connectivity index (χ4v) is 8.56. The monoisotopic (exact) mass is 946 g/mol. The summed E-state index contributed by atoms with van der Waals surface area (Å²) in [5.41, 5.74) is -0.793. The normalized spacial score (nSPS) is 16.1. The van der Waals surface area contributed by atoms with Gasteiger partial charge in [0.25, 0.3) is 5.69 Å². The Morgan fingerprint density at radius 1 is 0.697 bits per heavy atom. The van der Waals surface area contributed by atoms with Crippen molar-refractivity contribution in [3.05, 3.63) is 64.7 Å². The number of nitro benzene ring substituents is 1. The maximum absolute atomic E-state index is 14.0. The molecule has 4 rings (SSSR count). The van der Waals surface area contributed by atoms with Crippen molar-refractivity contribution in [3.63, 3.8) is 0 Å². The van der Waals surface area contributed by atoms with E-state index in [0.29, 0.717) is 6.61 Å². The molecule has 1 N–H and O–H groups in total. The first-order valence-corrected chi connectivity index (χ1v) is 25.0. The number of hydrogen-bond acceptors (Lipinski definition) is 15. The van der Waals surface area contributed by atoms with Crippen LogP contribution in [0.4, 0.5) is 5.69 Å². The van der Waals surface area contributed by atoms with Crippen molar-refractivity contribution in [3.8, 4) is 11.5 Å². The summed E-state index contributed by atoms with van der Waals surface area (Å²) in [7, 11) is -4.32. The van der Waals surface area contributed by atoms with Gasteiger partial charge in [-0.05, 0) is 122 Å². The van der Waals surface area contributed by atoms with Gasteiger partial charge >= 0.3 is 37.6 Å². The quantitative estimate of drug-likeness (QED) is 0.0244. The average molecular weight is 947 g/mol. The zero-order valence-corrected chi connectivity index (χ0v) is 40.3. The van der Waals surface area contributed by atoms with Gasteiger partial charge in [0, 0.05) is 25.0 Å². The number of nitrogens with zero attached hydrogens (tertiary/aromatic N) is 1. The molecule has 18 heteroatoms. The van der Waals surface area contributed by atoms with Gasteiger partial charge in [-0.25, -0.2) is 4.57 Å². The second-order valence-electron chi connectivity index (χ2n) is 17.5. The molecule has 2 aliphatic rings. The Balaban J connectivity index is 0.000000376. The number of non-ortho nitro benzene ring substituents is 1. The van der Waals surface area contributed by atoms with Gasteiger partial charge in [-0.3, -0.25) is 34.1 Å². The van der Waals surface area contributed by atoms with Crippen LogP contribution in [-0.4, -0.2) is 71.8 Å². The van der Waals surface area contributed by atoms with Crippen LogP contribution in [0, 0.1) is 16.0 Å². The van der Waals surface area contributed by atoms with Gasteiger partial charge in [-0.15, -0.1) is 0 Å². The zero-order valence-electron chi connectivity index (χ0n) is 39.4. The molecule has 66 heavy (non-hydrogen) atoms. The van der Waals surface area contributed by atoms with E-state index in [0.717, 1.165) is 83.5 Å². The molecule has 2 fully saturated rings. The summed E-state index contributed by atoms with van der Waals surface area (Å²) >= 11 is 0. The van der Waals surface area contributed by atoms with E-state index >= 15 is 0 Å². The van der Waals surface area contributed by atoms with E-state index in [4.69, 9.17) is 32.7 Å². The highest BCUT2D eigenvalue weighted by Crippen LogP contribution is 2.46. The first-order valence-electron chi connectivity index (χ1n) is 23.5. The maximum Gasteiger partial charge on any atom is 0.513 e. The smallest absolute Gasteiger partial charge is 0.466 e. The molecule has 0 amide bonds. The number of carbonyl (C=O) groups excluding carboxylic acids is 5. The lowest BCUT2D eigenvalue weighted by molar-refractivity contribution is -0.384. The van der Waals surface area contributed by atoms with Crippen molar-refractivity contribution >= 4 is 43.3 Å². The summed E-state index contributed by atoms with van der Waals surface area (Å²) in [6.07, 6.45) is 12.5. The molecule has 368 valence electrons. The topological polar surface area (TPSA) is 222 Å². The van der Waals surface area contributed by atoms with Crippen LogP contribution in [-0.2, 0) is 52.2 Å². The Bertz CT molecular complexity index is 1840. The van der Waals surface area contributed by atoms with Crippen molar-refractivity contribution in [2.45, 2.75) is 180 Å². The lowest BCUT2D eigenvalue weighted by Gasteiger charge is -2.27. The Hall–Kier alpha value is -5.02. The van der Waals surface area contributed by atoms with Crippen LogP contribution in [0.15, 0.2) is 54.6 Å². The summed E-state index contributed by atoms with van der Waals surface area (Å²) in [5, 5.41) is 13.7. The molecule has 0 aliphatic heterocycles. The number of benzene rings is 2. The number of rotatable bonds is 25.